The highest BCUT2D eigenvalue weighted by molar-refractivity contribution is 5.93. The van der Waals surface area contributed by atoms with E-state index < -0.39 is 0 Å². The third kappa shape index (κ3) is 3.27. The number of imidazole rings is 1. The van der Waals surface area contributed by atoms with Crippen LogP contribution in [-0.2, 0) is 0 Å². The zero-order valence-corrected chi connectivity index (χ0v) is 15.5. The number of nitrogens with zero attached hydrogens (tertiary/aromatic N) is 2. The number of piperidine rings is 1. The Kier molecular flexibility index (Phi) is 4.78. The second-order valence-corrected chi connectivity index (χ2v) is 7.60. The predicted octanol–water partition coefficient (Wildman–Crippen LogP) is 2.14. The number of hydrogen-bond donors (Lipinski definition) is 3. The molecule has 4 rings (SSSR count). The third-order valence-corrected chi connectivity index (χ3v) is 5.82. The molecule has 2 aliphatic heterocycles. The Balaban J connectivity index is 1.49. The van der Waals surface area contributed by atoms with Gasteiger partial charge in [0.15, 0.2) is 0 Å². The number of H-pyrrole nitrogens is 1. The van der Waals surface area contributed by atoms with E-state index in [2.05, 4.69) is 52.0 Å². The van der Waals surface area contributed by atoms with Gasteiger partial charge >= 0.3 is 0 Å². The van der Waals surface area contributed by atoms with Crippen molar-refractivity contribution in [1.29, 1.82) is 0 Å². The summed E-state index contributed by atoms with van der Waals surface area (Å²) in [4.78, 5) is 22.0. The number of carbonyl (C=O) groups is 1. The number of benzene rings is 1. The van der Waals surface area contributed by atoms with Crippen molar-refractivity contribution in [3.05, 3.63) is 53.1 Å². The summed E-state index contributed by atoms with van der Waals surface area (Å²) in [6, 6.07) is 9.18. The molecule has 2 fully saturated rings. The Morgan fingerprint density at radius 2 is 2.04 bits per heavy atom. The van der Waals surface area contributed by atoms with Crippen LogP contribution in [0.2, 0.25) is 0 Å². The molecule has 1 aromatic carbocycles. The van der Waals surface area contributed by atoms with Crippen molar-refractivity contribution >= 4 is 5.91 Å². The Morgan fingerprint density at radius 3 is 2.77 bits per heavy atom. The van der Waals surface area contributed by atoms with Crippen molar-refractivity contribution in [2.75, 3.05) is 19.6 Å². The van der Waals surface area contributed by atoms with Gasteiger partial charge in [-0.15, -0.1) is 0 Å². The highest BCUT2D eigenvalue weighted by Crippen LogP contribution is 2.32. The van der Waals surface area contributed by atoms with Gasteiger partial charge in [0, 0.05) is 37.3 Å². The number of likely N-dealkylation sites (tertiary alicyclic amines) is 1. The van der Waals surface area contributed by atoms with Gasteiger partial charge in [-0.05, 0) is 38.2 Å². The molecule has 3 heterocycles. The minimum Gasteiger partial charge on any atom is -0.348 e. The smallest absolute Gasteiger partial charge is 0.274 e. The molecule has 2 aliphatic rings. The summed E-state index contributed by atoms with van der Waals surface area (Å²) in [6.45, 7) is 6.55. The first-order valence-electron chi connectivity index (χ1n) is 9.47. The molecule has 138 valence electrons. The van der Waals surface area contributed by atoms with Crippen molar-refractivity contribution in [3.8, 4) is 0 Å². The van der Waals surface area contributed by atoms with Crippen LogP contribution < -0.4 is 10.9 Å². The number of aromatic nitrogens is 2. The van der Waals surface area contributed by atoms with Crippen LogP contribution in [0, 0.1) is 19.8 Å². The molecular weight excluding hydrogens is 326 g/mol. The molecule has 0 aliphatic carbocycles. The van der Waals surface area contributed by atoms with Crippen LogP contribution >= 0.6 is 0 Å². The zero-order valence-electron chi connectivity index (χ0n) is 15.5. The van der Waals surface area contributed by atoms with Gasteiger partial charge in [-0.1, -0.05) is 29.8 Å². The first kappa shape index (κ1) is 17.2. The molecule has 0 bridgehead atoms. The molecule has 0 spiro atoms. The van der Waals surface area contributed by atoms with E-state index in [1.54, 1.807) is 6.33 Å². The fourth-order valence-corrected chi connectivity index (χ4v) is 4.31. The topological polar surface area (TPSA) is 73.0 Å². The summed E-state index contributed by atoms with van der Waals surface area (Å²) in [5.41, 5.74) is 10.9. The Labute approximate surface area is 154 Å². The van der Waals surface area contributed by atoms with E-state index >= 15 is 0 Å². The fraction of sp³-hybridized carbons (Fsp3) is 0.500. The van der Waals surface area contributed by atoms with E-state index in [1.807, 2.05) is 11.8 Å². The minimum absolute atomic E-state index is 0.0475. The van der Waals surface area contributed by atoms with Crippen LogP contribution in [0.3, 0.4) is 0 Å². The molecule has 6 heteroatoms. The number of aryl methyl sites for hydroxylation is 2. The standard InChI is InChI=1S/C20H27N5O/c1-13-5-7-15(8-6-13)17-10-23-24-19(17)16-4-3-9-25(11-16)20(26)18-14(2)21-12-22-18/h5-8,12,16-17,19,23-24H,3-4,9-11H2,1-2H3,(H,21,22). The van der Waals surface area contributed by atoms with Crippen molar-refractivity contribution < 1.29 is 4.79 Å². The van der Waals surface area contributed by atoms with E-state index in [-0.39, 0.29) is 5.91 Å². The Morgan fingerprint density at radius 1 is 1.23 bits per heavy atom. The molecule has 0 saturated carbocycles. The van der Waals surface area contributed by atoms with Crippen molar-refractivity contribution in [2.24, 2.45) is 5.92 Å². The largest absolute Gasteiger partial charge is 0.348 e. The average Bonchev–Trinajstić information content (AvgIpc) is 3.31. The normalized spacial score (nSPS) is 26.2. The monoisotopic (exact) mass is 353 g/mol. The quantitative estimate of drug-likeness (QED) is 0.790. The van der Waals surface area contributed by atoms with E-state index in [0.29, 0.717) is 23.6 Å². The summed E-state index contributed by atoms with van der Waals surface area (Å²) >= 11 is 0. The maximum atomic E-state index is 12.8. The van der Waals surface area contributed by atoms with E-state index in [0.717, 1.165) is 38.2 Å². The molecule has 1 amide bonds. The predicted molar refractivity (Wildman–Crippen MR) is 101 cm³/mol. The molecule has 1 aromatic heterocycles. The number of rotatable bonds is 3. The molecule has 0 radical (unpaired) electrons. The van der Waals surface area contributed by atoms with Crippen LogP contribution in [0.15, 0.2) is 30.6 Å². The van der Waals surface area contributed by atoms with Crippen molar-refractivity contribution in [1.82, 2.24) is 25.7 Å². The first-order valence-corrected chi connectivity index (χ1v) is 9.47. The summed E-state index contributed by atoms with van der Waals surface area (Å²) in [7, 11) is 0. The van der Waals surface area contributed by atoms with Crippen LogP contribution in [0.5, 0.6) is 0 Å². The lowest BCUT2D eigenvalue weighted by molar-refractivity contribution is 0.0638. The third-order valence-electron chi connectivity index (χ3n) is 5.82. The number of carbonyl (C=O) groups excluding carboxylic acids is 1. The van der Waals surface area contributed by atoms with Gasteiger partial charge in [-0.3, -0.25) is 15.6 Å². The van der Waals surface area contributed by atoms with Gasteiger partial charge in [0.25, 0.3) is 5.91 Å². The molecule has 2 saturated heterocycles. The summed E-state index contributed by atoms with van der Waals surface area (Å²) < 4.78 is 0. The molecular formula is C20H27N5O. The lowest BCUT2D eigenvalue weighted by Crippen LogP contribution is -2.48. The number of hydrogen-bond acceptors (Lipinski definition) is 4. The van der Waals surface area contributed by atoms with Gasteiger partial charge in [-0.2, -0.15) is 0 Å². The second kappa shape index (κ2) is 7.21. The number of amides is 1. The van der Waals surface area contributed by atoms with Crippen molar-refractivity contribution in [3.63, 3.8) is 0 Å². The zero-order chi connectivity index (χ0) is 18.1. The van der Waals surface area contributed by atoms with Gasteiger partial charge < -0.3 is 9.88 Å². The van der Waals surface area contributed by atoms with Crippen molar-refractivity contribution in [2.45, 2.75) is 38.6 Å². The molecule has 2 aromatic rings. The van der Waals surface area contributed by atoms with E-state index in [1.165, 1.54) is 11.1 Å². The van der Waals surface area contributed by atoms with E-state index in [4.69, 9.17) is 0 Å². The molecule has 3 unspecified atom stereocenters. The lowest BCUT2D eigenvalue weighted by Gasteiger charge is -2.37. The first-order chi connectivity index (χ1) is 12.6. The maximum absolute atomic E-state index is 12.8. The van der Waals surface area contributed by atoms with Crippen LogP contribution in [0.25, 0.3) is 0 Å². The second-order valence-electron chi connectivity index (χ2n) is 7.60. The Bertz CT molecular complexity index is 769. The van der Waals surface area contributed by atoms with Crippen LogP contribution in [0.4, 0.5) is 0 Å². The molecule has 3 N–H and O–H groups in total. The Hall–Kier alpha value is -2.18. The van der Waals surface area contributed by atoms with Gasteiger partial charge in [0.1, 0.15) is 5.69 Å². The average molecular weight is 353 g/mol. The molecule has 26 heavy (non-hydrogen) atoms. The highest BCUT2D eigenvalue weighted by atomic mass is 16.2. The summed E-state index contributed by atoms with van der Waals surface area (Å²) in [5, 5.41) is 0. The minimum atomic E-state index is 0.0475. The maximum Gasteiger partial charge on any atom is 0.274 e. The number of nitrogens with one attached hydrogen (secondary N) is 3. The van der Waals surface area contributed by atoms with Gasteiger partial charge in [0.05, 0.1) is 6.33 Å². The summed E-state index contributed by atoms with van der Waals surface area (Å²) in [5.74, 6) is 0.919. The van der Waals surface area contributed by atoms with E-state index in [9.17, 15) is 4.79 Å². The lowest BCUT2D eigenvalue weighted by atomic mass is 9.81. The highest BCUT2D eigenvalue weighted by Gasteiger charge is 2.38. The molecule has 3 atom stereocenters. The summed E-state index contributed by atoms with van der Waals surface area (Å²) in [6.07, 6.45) is 3.78. The number of aromatic amines is 1. The number of hydrazine groups is 1. The van der Waals surface area contributed by atoms with Gasteiger partial charge in [-0.25, -0.2) is 4.98 Å². The van der Waals surface area contributed by atoms with Crippen LogP contribution in [0.1, 0.15) is 46.1 Å². The van der Waals surface area contributed by atoms with Crippen LogP contribution in [-0.4, -0.2) is 46.5 Å². The SMILES string of the molecule is Cc1ccc(C2CNNC2C2CCCN(C(=O)c3nc[nH]c3C)C2)cc1. The fourth-order valence-electron chi connectivity index (χ4n) is 4.31. The van der Waals surface area contributed by atoms with Gasteiger partial charge in [0.2, 0.25) is 0 Å². The molecule has 6 nitrogen and oxygen atoms in total.